The third kappa shape index (κ3) is 1.68. The molecule has 20 rings (SSSR count). The molecule has 54 heavy (non-hydrogen) atoms. The second-order valence-electron chi connectivity index (χ2n) is 17.7. The van der Waals surface area contributed by atoms with Crippen molar-refractivity contribution < 1.29 is 0 Å². The van der Waals surface area contributed by atoms with Crippen LogP contribution in [0.4, 0.5) is 11.4 Å². The highest BCUT2D eigenvalue weighted by Gasteiger charge is 2.57. The lowest BCUT2D eigenvalue weighted by atomic mass is 9.19. The molecule has 12 heterocycles. The zero-order valence-electron chi connectivity index (χ0n) is 28.3. The van der Waals surface area contributed by atoms with E-state index >= 15 is 0 Å². The lowest BCUT2D eigenvalue weighted by molar-refractivity contribution is 0.746. The Balaban J connectivity index is 1.23. The Hall–Kier alpha value is -6.65. The van der Waals surface area contributed by atoms with Crippen LogP contribution in [0.25, 0.3) is 114 Å². The summed E-state index contributed by atoms with van der Waals surface area (Å²) in [4.78, 5) is 2.83. The number of aromatic nitrogens is 3. The summed E-state index contributed by atoms with van der Waals surface area (Å²) in [6.45, 7) is 0.388. The second kappa shape index (κ2) is 6.27. The van der Waals surface area contributed by atoms with E-state index in [1.165, 1.54) is 131 Å². The molecule has 6 aliphatic heterocycles. The molecular formula is C48H18B2N4. The van der Waals surface area contributed by atoms with Crippen LogP contribution in [-0.4, -0.2) is 32.7 Å². The SMILES string of the molecule is C1=CC2c3cc4c5cccc6c7c8c9cccc%10c%11cc%12c%13cccc%14c%15cc%16c%17c%18c%15n(c%12c%12c%11n(c8c(c8c7n(c4c(c3N%16C2C=C1)B%178)c56)B%18%12)c%109)c%14%13. The lowest BCUT2D eigenvalue weighted by Crippen LogP contribution is -2.79. The summed E-state index contributed by atoms with van der Waals surface area (Å²) in [6, 6.07) is 29.7. The number of fused-ring (bicyclic) bond motifs is 11. The fourth-order valence-corrected chi connectivity index (χ4v) is 15.1. The smallest absolute Gasteiger partial charge is 0.251 e. The van der Waals surface area contributed by atoms with Crippen LogP contribution in [0.5, 0.6) is 0 Å². The average Bonchev–Trinajstić information content (AvgIpc) is 4.07. The van der Waals surface area contributed by atoms with Crippen LogP contribution in [0.1, 0.15) is 11.5 Å². The average molecular weight is 672 g/mol. The maximum atomic E-state index is 2.83. The summed E-state index contributed by atoms with van der Waals surface area (Å²) in [7, 11) is 0. The molecule has 4 nitrogen and oxygen atoms in total. The minimum Gasteiger partial charge on any atom is -0.334 e. The van der Waals surface area contributed by atoms with Gasteiger partial charge in [0.2, 0.25) is 0 Å². The van der Waals surface area contributed by atoms with Crippen molar-refractivity contribution in [2.75, 3.05) is 4.90 Å². The molecule has 0 saturated heterocycles. The summed E-state index contributed by atoms with van der Waals surface area (Å²) in [5.41, 5.74) is 27.1. The van der Waals surface area contributed by atoms with Gasteiger partial charge >= 0.3 is 0 Å². The van der Waals surface area contributed by atoms with Crippen molar-refractivity contribution in [3.05, 3.63) is 103 Å². The van der Waals surface area contributed by atoms with E-state index in [-0.39, 0.29) is 19.5 Å². The van der Waals surface area contributed by atoms with Crippen LogP contribution in [0.3, 0.4) is 0 Å². The van der Waals surface area contributed by atoms with Crippen LogP contribution in [-0.2, 0) is 0 Å². The van der Waals surface area contributed by atoms with Gasteiger partial charge < -0.3 is 18.1 Å². The predicted octanol–water partition coefficient (Wildman–Crippen LogP) is 6.47. The van der Waals surface area contributed by atoms with Gasteiger partial charge in [-0.3, -0.25) is 0 Å². The van der Waals surface area contributed by atoms with Gasteiger partial charge in [-0.25, -0.2) is 0 Å². The molecule has 0 fully saturated rings. The van der Waals surface area contributed by atoms with Gasteiger partial charge in [0.15, 0.2) is 0 Å². The molecule has 7 aromatic carbocycles. The summed E-state index contributed by atoms with van der Waals surface area (Å²) >= 11 is 0. The summed E-state index contributed by atoms with van der Waals surface area (Å²) in [5, 5.41) is 17.2. The zero-order chi connectivity index (χ0) is 33.3. The molecule has 1 aliphatic carbocycles. The van der Waals surface area contributed by atoms with E-state index in [1.54, 1.807) is 32.8 Å². The lowest BCUT2D eigenvalue weighted by Gasteiger charge is -2.45. The van der Waals surface area contributed by atoms with E-state index in [2.05, 4.69) is 115 Å². The second-order valence-corrected chi connectivity index (χ2v) is 17.7. The van der Waals surface area contributed by atoms with Gasteiger partial charge in [-0.05, 0) is 56.5 Å². The van der Waals surface area contributed by atoms with Crippen molar-refractivity contribution in [3.8, 4) is 0 Å². The van der Waals surface area contributed by atoms with Crippen molar-refractivity contribution >= 4 is 172 Å². The first kappa shape index (κ1) is 23.1. The number of anilines is 2. The third-order valence-corrected chi connectivity index (χ3v) is 16.3. The Morgan fingerprint density at radius 1 is 0.407 bits per heavy atom. The number of hydrogen-bond donors (Lipinski definition) is 0. The van der Waals surface area contributed by atoms with Crippen molar-refractivity contribution in [2.24, 2.45) is 0 Å². The highest BCUT2D eigenvalue weighted by atomic mass is 15.2. The van der Waals surface area contributed by atoms with Crippen molar-refractivity contribution in [2.45, 2.75) is 12.0 Å². The minimum atomic E-state index is 0.193. The molecule has 6 heteroatoms. The van der Waals surface area contributed by atoms with Gasteiger partial charge in [0, 0.05) is 98.5 Å². The maximum absolute atomic E-state index is 2.83. The molecule has 13 aromatic rings. The first-order chi connectivity index (χ1) is 26.9. The van der Waals surface area contributed by atoms with Crippen molar-refractivity contribution in [1.82, 2.24) is 13.2 Å². The van der Waals surface area contributed by atoms with Crippen molar-refractivity contribution in [3.63, 3.8) is 0 Å². The molecule has 2 unspecified atom stereocenters. The minimum absolute atomic E-state index is 0.193. The largest absolute Gasteiger partial charge is 0.334 e. The molecule has 0 bridgehead atoms. The zero-order valence-corrected chi connectivity index (χ0v) is 28.3. The monoisotopic (exact) mass is 672 g/mol. The number of para-hydroxylation sites is 3. The van der Waals surface area contributed by atoms with E-state index < -0.39 is 0 Å². The maximum Gasteiger partial charge on any atom is 0.251 e. The topological polar surface area (TPSA) is 16.5 Å². The molecule has 0 amide bonds. The molecule has 0 radical (unpaired) electrons. The van der Waals surface area contributed by atoms with Gasteiger partial charge in [-0.15, -0.1) is 0 Å². The molecule has 236 valence electrons. The quantitative estimate of drug-likeness (QED) is 0.169. The number of benzene rings is 7. The van der Waals surface area contributed by atoms with Gasteiger partial charge in [-0.1, -0.05) is 78.9 Å². The summed E-state index contributed by atoms with van der Waals surface area (Å²) in [6.07, 6.45) is 9.59. The molecule has 6 aromatic heterocycles. The fraction of sp³-hybridized carbons (Fsp3) is 0.0417. The number of hydrogen-bond acceptors (Lipinski definition) is 1. The predicted molar refractivity (Wildman–Crippen MR) is 227 cm³/mol. The highest BCUT2D eigenvalue weighted by molar-refractivity contribution is 7.17. The molecule has 0 saturated carbocycles. The Labute approximate surface area is 303 Å². The fourth-order valence-electron chi connectivity index (χ4n) is 15.1. The van der Waals surface area contributed by atoms with Crippen LogP contribution < -0.4 is 37.7 Å². The van der Waals surface area contributed by atoms with Crippen molar-refractivity contribution in [1.29, 1.82) is 0 Å². The van der Waals surface area contributed by atoms with Gasteiger partial charge in [0.05, 0.1) is 39.1 Å². The van der Waals surface area contributed by atoms with E-state index in [4.69, 9.17) is 0 Å². The van der Waals surface area contributed by atoms with Crippen LogP contribution in [0.15, 0.2) is 97.1 Å². The Bertz CT molecular complexity index is 4400. The Morgan fingerprint density at radius 3 is 1.59 bits per heavy atom. The number of nitrogens with zero attached hydrogens (tertiary/aromatic N) is 4. The van der Waals surface area contributed by atoms with E-state index in [0.29, 0.717) is 5.92 Å². The van der Waals surface area contributed by atoms with Gasteiger partial charge in [-0.2, -0.15) is 0 Å². The molecule has 2 atom stereocenters. The number of allylic oxidation sites excluding steroid dienone is 2. The van der Waals surface area contributed by atoms with E-state index in [0.717, 1.165) is 0 Å². The third-order valence-electron chi connectivity index (χ3n) is 16.3. The first-order valence-corrected chi connectivity index (χ1v) is 19.7. The van der Waals surface area contributed by atoms with Crippen LogP contribution in [0.2, 0.25) is 0 Å². The molecule has 7 aliphatic rings. The van der Waals surface area contributed by atoms with Crippen LogP contribution in [0, 0.1) is 0 Å². The molecule has 0 spiro atoms. The Kier molecular flexibility index (Phi) is 2.68. The van der Waals surface area contributed by atoms with Gasteiger partial charge in [0.1, 0.15) is 0 Å². The summed E-state index contributed by atoms with van der Waals surface area (Å²) in [5.74, 6) is 0.329. The highest BCUT2D eigenvalue weighted by Crippen LogP contribution is 2.56. The first-order valence-electron chi connectivity index (χ1n) is 19.7. The van der Waals surface area contributed by atoms with E-state index in [1.807, 2.05) is 0 Å². The summed E-state index contributed by atoms with van der Waals surface area (Å²) < 4.78 is 8.32. The van der Waals surface area contributed by atoms with Crippen LogP contribution >= 0.6 is 0 Å². The molecule has 0 N–H and O–H groups in total. The standard InChI is InChI=1S/C48H18B2N4/c1-2-13-29-17(6-1)24-14-25-19-9-4-11-22-31-32-23-12-5-10-20-27-15-26-18-7-3-8-21-28-16-30-33-34-42(28)52(39(18)21)44(26)38-46(27)54(41(20)23)48(32)36(50(34)38)35-47(31)53(40(19)22)45(25)37(49(33)35)43(24)51(29)30/h1-17,29H. The number of rotatable bonds is 0. The Morgan fingerprint density at radius 2 is 0.907 bits per heavy atom. The molecular weight excluding hydrogens is 654 g/mol. The van der Waals surface area contributed by atoms with Gasteiger partial charge in [0.25, 0.3) is 13.4 Å². The van der Waals surface area contributed by atoms with E-state index in [9.17, 15) is 0 Å². The normalized spacial score (nSPS) is 20.0.